The van der Waals surface area contributed by atoms with Gasteiger partial charge in [0.15, 0.2) is 0 Å². The molecule has 104 valence electrons. The SMILES string of the molecule is C[C@@H](N)c1ccc(N2CCCC(C(N)=O)C2)cc1Br. The fourth-order valence-electron chi connectivity index (χ4n) is 2.53. The number of anilines is 1. The number of benzene rings is 1. The van der Waals surface area contributed by atoms with Crippen LogP contribution in [0.3, 0.4) is 0 Å². The van der Waals surface area contributed by atoms with Crippen molar-refractivity contribution in [2.45, 2.75) is 25.8 Å². The van der Waals surface area contributed by atoms with Crippen molar-refractivity contribution in [2.75, 3.05) is 18.0 Å². The molecular weight excluding hydrogens is 306 g/mol. The molecule has 2 rings (SSSR count). The van der Waals surface area contributed by atoms with E-state index in [0.29, 0.717) is 6.54 Å². The molecule has 0 aromatic heterocycles. The van der Waals surface area contributed by atoms with Crippen molar-refractivity contribution in [1.82, 2.24) is 0 Å². The maximum absolute atomic E-state index is 11.3. The lowest BCUT2D eigenvalue weighted by atomic mass is 9.97. The summed E-state index contributed by atoms with van der Waals surface area (Å²) in [7, 11) is 0. The monoisotopic (exact) mass is 325 g/mol. The third-order valence-corrected chi connectivity index (χ3v) is 4.35. The van der Waals surface area contributed by atoms with E-state index < -0.39 is 0 Å². The molecule has 4 nitrogen and oxygen atoms in total. The lowest BCUT2D eigenvalue weighted by Crippen LogP contribution is -2.41. The molecule has 0 bridgehead atoms. The zero-order valence-corrected chi connectivity index (χ0v) is 12.7. The average molecular weight is 326 g/mol. The number of rotatable bonds is 3. The molecule has 1 heterocycles. The van der Waals surface area contributed by atoms with Crippen LogP contribution in [0.25, 0.3) is 0 Å². The third kappa shape index (κ3) is 3.28. The van der Waals surface area contributed by atoms with Crippen molar-refractivity contribution in [3.8, 4) is 0 Å². The van der Waals surface area contributed by atoms with Crippen LogP contribution in [0.2, 0.25) is 0 Å². The van der Waals surface area contributed by atoms with Crippen LogP contribution in [0.5, 0.6) is 0 Å². The molecule has 1 saturated heterocycles. The summed E-state index contributed by atoms with van der Waals surface area (Å²) in [5.74, 6) is -0.239. The van der Waals surface area contributed by atoms with E-state index in [4.69, 9.17) is 11.5 Å². The van der Waals surface area contributed by atoms with Gasteiger partial charge in [-0.25, -0.2) is 0 Å². The van der Waals surface area contributed by atoms with Gasteiger partial charge < -0.3 is 16.4 Å². The third-order valence-electron chi connectivity index (χ3n) is 3.66. The van der Waals surface area contributed by atoms with Crippen LogP contribution in [0, 0.1) is 5.92 Å². The van der Waals surface area contributed by atoms with E-state index in [1.165, 1.54) is 0 Å². The van der Waals surface area contributed by atoms with Crippen LogP contribution in [0.1, 0.15) is 31.4 Å². The first-order valence-corrected chi connectivity index (χ1v) is 7.37. The Bertz CT molecular complexity index is 476. The Kier molecular flexibility index (Phi) is 4.47. The number of carbonyl (C=O) groups is 1. The van der Waals surface area contributed by atoms with Crippen molar-refractivity contribution in [3.63, 3.8) is 0 Å². The molecule has 1 fully saturated rings. The normalized spacial score (nSPS) is 21.2. The molecule has 1 aliphatic heterocycles. The molecule has 1 amide bonds. The van der Waals surface area contributed by atoms with Gasteiger partial charge in [0.05, 0.1) is 5.92 Å². The molecule has 1 unspecified atom stereocenters. The number of amides is 1. The Morgan fingerprint density at radius 1 is 1.53 bits per heavy atom. The Morgan fingerprint density at radius 3 is 2.84 bits per heavy atom. The van der Waals surface area contributed by atoms with Gasteiger partial charge >= 0.3 is 0 Å². The van der Waals surface area contributed by atoms with E-state index >= 15 is 0 Å². The number of hydrogen-bond acceptors (Lipinski definition) is 3. The second-order valence-corrected chi connectivity index (χ2v) is 6.04. The average Bonchev–Trinajstić information content (AvgIpc) is 2.38. The first kappa shape index (κ1) is 14.3. The zero-order valence-electron chi connectivity index (χ0n) is 11.1. The molecule has 5 heteroatoms. The molecule has 0 aliphatic carbocycles. The molecule has 19 heavy (non-hydrogen) atoms. The zero-order chi connectivity index (χ0) is 14.0. The van der Waals surface area contributed by atoms with E-state index in [1.807, 2.05) is 13.0 Å². The van der Waals surface area contributed by atoms with Gasteiger partial charge in [-0.15, -0.1) is 0 Å². The Hall–Kier alpha value is -1.07. The van der Waals surface area contributed by atoms with E-state index in [1.54, 1.807) is 0 Å². The first-order valence-electron chi connectivity index (χ1n) is 6.58. The molecular formula is C14H20BrN3O. The Balaban J connectivity index is 2.18. The highest BCUT2D eigenvalue weighted by Gasteiger charge is 2.24. The Morgan fingerprint density at radius 2 is 2.26 bits per heavy atom. The quantitative estimate of drug-likeness (QED) is 0.894. The van der Waals surface area contributed by atoms with Crippen LogP contribution in [-0.4, -0.2) is 19.0 Å². The van der Waals surface area contributed by atoms with Gasteiger partial charge in [-0.3, -0.25) is 4.79 Å². The minimum atomic E-state index is -0.198. The molecule has 4 N–H and O–H groups in total. The lowest BCUT2D eigenvalue weighted by Gasteiger charge is -2.33. The van der Waals surface area contributed by atoms with Gasteiger partial charge in [0.25, 0.3) is 0 Å². The van der Waals surface area contributed by atoms with Gasteiger partial charge in [0.1, 0.15) is 0 Å². The smallest absolute Gasteiger partial charge is 0.222 e. The van der Waals surface area contributed by atoms with Crippen LogP contribution < -0.4 is 16.4 Å². The number of nitrogens with zero attached hydrogens (tertiary/aromatic N) is 1. The standard InChI is InChI=1S/C14H20BrN3O/c1-9(16)12-5-4-11(7-13(12)15)18-6-2-3-10(8-18)14(17)19/h4-5,7,9-10H,2-3,6,8,16H2,1H3,(H2,17,19)/t9-,10?/m1/s1. The van der Waals surface area contributed by atoms with Gasteiger partial charge in [-0.1, -0.05) is 22.0 Å². The number of nitrogens with two attached hydrogens (primary N) is 2. The second-order valence-electron chi connectivity index (χ2n) is 5.18. The fourth-order valence-corrected chi connectivity index (χ4v) is 3.25. The first-order chi connectivity index (χ1) is 8.99. The van der Waals surface area contributed by atoms with Crippen molar-refractivity contribution in [2.24, 2.45) is 17.4 Å². The van der Waals surface area contributed by atoms with Gasteiger partial charge in [0, 0.05) is 29.3 Å². The summed E-state index contributed by atoms with van der Waals surface area (Å²) in [5.41, 5.74) is 13.5. The maximum Gasteiger partial charge on any atom is 0.222 e. The van der Waals surface area contributed by atoms with Crippen LogP contribution in [0.4, 0.5) is 5.69 Å². The maximum atomic E-state index is 11.3. The predicted molar refractivity (Wildman–Crippen MR) is 80.9 cm³/mol. The predicted octanol–water partition coefficient (Wildman–Crippen LogP) is 2.17. The largest absolute Gasteiger partial charge is 0.371 e. The number of hydrogen-bond donors (Lipinski definition) is 2. The Labute approximate surface area is 122 Å². The van der Waals surface area contributed by atoms with Crippen LogP contribution in [-0.2, 0) is 4.79 Å². The van der Waals surface area contributed by atoms with Crippen LogP contribution in [0.15, 0.2) is 22.7 Å². The van der Waals surface area contributed by atoms with Crippen molar-refractivity contribution < 1.29 is 4.79 Å². The molecule has 2 atom stereocenters. The summed E-state index contributed by atoms with van der Waals surface area (Å²) in [6.45, 7) is 3.64. The van der Waals surface area contributed by atoms with Gasteiger partial charge in [0.2, 0.25) is 5.91 Å². The highest BCUT2D eigenvalue weighted by Crippen LogP contribution is 2.29. The molecule has 0 saturated carbocycles. The minimum Gasteiger partial charge on any atom is -0.371 e. The molecule has 0 spiro atoms. The molecule has 0 radical (unpaired) electrons. The van der Waals surface area contributed by atoms with Crippen molar-refractivity contribution in [3.05, 3.63) is 28.2 Å². The summed E-state index contributed by atoms with van der Waals surface area (Å²) in [4.78, 5) is 13.5. The number of piperidine rings is 1. The van der Waals surface area contributed by atoms with Crippen molar-refractivity contribution >= 4 is 27.5 Å². The highest BCUT2D eigenvalue weighted by molar-refractivity contribution is 9.10. The van der Waals surface area contributed by atoms with E-state index in [2.05, 4.69) is 33.0 Å². The molecule has 1 aliphatic rings. The van der Waals surface area contributed by atoms with Crippen molar-refractivity contribution in [1.29, 1.82) is 0 Å². The second kappa shape index (κ2) is 5.92. The van der Waals surface area contributed by atoms with Gasteiger partial charge in [-0.2, -0.15) is 0 Å². The van der Waals surface area contributed by atoms with E-state index in [0.717, 1.165) is 35.1 Å². The van der Waals surface area contributed by atoms with Gasteiger partial charge in [-0.05, 0) is 37.5 Å². The molecule has 1 aromatic carbocycles. The summed E-state index contributed by atoms with van der Waals surface area (Å²) in [6.07, 6.45) is 1.89. The molecule has 1 aromatic rings. The lowest BCUT2D eigenvalue weighted by molar-refractivity contribution is -0.122. The summed E-state index contributed by atoms with van der Waals surface area (Å²) < 4.78 is 1.01. The summed E-state index contributed by atoms with van der Waals surface area (Å²) in [5, 5.41) is 0. The topological polar surface area (TPSA) is 72.3 Å². The van der Waals surface area contributed by atoms with Crippen LogP contribution >= 0.6 is 15.9 Å². The highest BCUT2D eigenvalue weighted by atomic mass is 79.9. The summed E-state index contributed by atoms with van der Waals surface area (Å²) >= 11 is 3.56. The minimum absolute atomic E-state index is 0.00292. The van der Waals surface area contributed by atoms with E-state index in [9.17, 15) is 4.79 Å². The van der Waals surface area contributed by atoms with E-state index in [-0.39, 0.29) is 17.9 Å². The number of carbonyl (C=O) groups excluding carboxylic acids is 1. The summed E-state index contributed by atoms with van der Waals surface area (Å²) in [6, 6.07) is 6.18. The number of primary amides is 1. The fraction of sp³-hybridized carbons (Fsp3) is 0.500. The number of halogens is 1.